The molecule has 1 heterocycles. The Morgan fingerprint density at radius 1 is 1.43 bits per heavy atom. The van der Waals surface area contributed by atoms with E-state index in [1.54, 1.807) is 13.0 Å². The molecule has 0 fully saturated rings. The summed E-state index contributed by atoms with van der Waals surface area (Å²) in [5.41, 5.74) is 1.88. The van der Waals surface area contributed by atoms with Crippen LogP contribution in [0.3, 0.4) is 0 Å². The molecule has 4 heteroatoms. The van der Waals surface area contributed by atoms with Crippen molar-refractivity contribution in [3.63, 3.8) is 0 Å². The van der Waals surface area contributed by atoms with E-state index in [-0.39, 0.29) is 5.56 Å². The van der Waals surface area contributed by atoms with E-state index >= 15 is 0 Å². The van der Waals surface area contributed by atoms with Crippen molar-refractivity contribution < 1.29 is 14.3 Å². The Morgan fingerprint density at radius 2 is 2.24 bits per heavy atom. The third-order valence-corrected chi connectivity index (χ3v) is 3.99. The predicted octanol–water partition coefficient (Wildman–Crippen LogP) is 4.23. The molecule has 21 heavy (non-hydrogen) atoms. The third-order valence-electron chi connectivity index (χ3n) is 3.99. The molecule has 1 aliphatic carbocycles. The van der Waals surface area contributed by atoms with Gasteiger partial charge in [-0.15, -0.1) is 0 Å². The minimum absolute atomic E-state index is 0.175. The van der Waals surface area contributed by atoms with Gasteiger partial charge in [0.1, 0.15) is 5.67 Å². The van der Waals surface area contributed by atoms with Crippen LogP contribution in [0.2, 0.25) is 0 Å². The second kappa shape index (κ2) is 4.95. The molecule has 0 amide bonds. The van der Waals surface area contributed by atoms with Crippen LogP contribution in [-0.4, -0.2) is 21.7 Å². The van der Waals surface area contributed by atoms with Crippen molar-refractivity contribution >= 4 is 22.4 Å². The van der Waals surface area contributed by atoms with Gasteiger partial charge in [-0.3, -0.25) is 4.98 Å². The summed E-state index contributed by atoms with van der Waals surface area (Å²) in [5, 5.41) is 9.82. The van der Waals surface area contributed by atoms with Crippen LogP contribution in [0.5, 0.6) is 0 Å². The lowest BCUT2D eigenvalue weighted by molar-refractivity contribution is 0.0696. The van der Waals surface area contributed by atoms with Gasteiger partial charge in [0.2, 0.25) is 0 Å². The molecule has 2 aromatic rings. The maximum absolute atomic E-state index is 13.9. The zero-order valence-electron chi connectivity index (χ0n) is 11.8. The molecule has 3 nitrogen and oxygen atoms in total. The SMILES string of the molecule is CC1(F)CC=C(c2cccc3cc(C(=O)O)cnc23)CC1. The van der Waals surface area contributed by atoms with Crippen LogP contribution >= 0.6 is 0 Å². The first-order valence-electron chi connectivity index (χ1n) is 6.97. The number of benzene rings is 1. The van der Waals surface area contributed by atoms with Gasteiger partial charge in [0.15, 0.2) is 0 Å². The van der Waals surface area contributed by atoms with Gasteiger partial charge in [-0.25, -0.2) is 9.18 Å². The number of allylic oxidation sites excluding steroid dienone is 2. The van der Waals surface area contributed by atoms with Gasteiger partial charge in [0.05, 0.1) is 11.1 Å². The number of halogens is 1. The molecular formula is C17H16FNO2. The van der Waals surface area contributed by atoms with Gasteiger partial charge in [0.25, 0.3) is 0 Å². The topological polar surface area (TPSA) is 50.2 Å². The largest absolute Gasteiger partial charge is 0.478 e. The van der Waals surface area contributed by atoms with Crippen LogP contribution in [0.15, 0.2) is 36.5 Å². The smallest absolute Gasteiger partial charge is 0.337 e. The number of rotatable bonds is 2. The summed E-state index contributed by atoms with van der Waals surface area (Å²) < 4.78 is 13.9. The van der Waals surface area contributed by atoms with Gasteiger partial charge in [0, 0.05) is 17.1 Å². The number of carboxylic acids is 1. The fourth-order valence-corrected chi connectivity index (χ4v) is 2.72. The maximum Gasteiger partial charge on any atom is 0.337 e. The lowest BCUT2D eigenvalue weighted by Gasteiger charge is -2.25. The van der Waals surface area contributed by atoms with E-state index in [1.807, 2.05) is 24.3 Å². The van der Waals surface area contributed by atoms with Crippen LogP contribution in [0.1, 0.15) is 42.1 Å². The molecule has 0 saturated heterocycles. The molecule has 0 aliphatic heterocycles. The van der Waals surface area contributed by atoms with Crippen molar-refractivity contribution in [2.24, 2.45) is 0 Å². The number of hydrogen-bond donors (Lipinski definition) is 1. The van der Waals surface area contributed by atoms with E-state index in [9.17, 15) is 9.18 Å². The lowest BCUT2D eigenvalue weighted by atomic mass is 9.85. The number of fused-ring (bicyclic) bond motifs is 1. The molecule has 3 rings (SSSR count). The Morgan fingerprint density at radius 3 is 2.90 bits per heavy atom. The number of carboxylic acid groups (broad SMARTS) is 1. The summed E-state index contributed by atoms with van der Waals surface area (Å²) in [4.78, 5) is 15.3. The van der Waals surface area contributed by atoms with E-state index in [2.05, 4.69) is 4.98 Å². The first kappa shape index (κ1) is 13.7. The summed E-state index contributed by atoms with van der Waals surface area (Å²) in [7, 11) is 0. The predicted molar refractivity (Wildman–Crippen MR) is 80.0 cm³/mol. The first-order valence-corrected chi connectivity index (χ1v) is 6.97. The number of nitrogens with zero attached hydrogens (tertiary/aromatic N) is 1. The number of carbonyl (C=O) groups is 1. The average molecular weight is 285 g/mol. The Labute approximate surface area is 122 Å². The van der Waals surface area contributed by atoms with Gasteiger partial charge in [-0.05, 0) is 37.8 Å². The number of para-hydroxylation sites is 1. The molecule has 0 bridgehead atoms. The molecule has 108 valence electrons. The number of aromatic nitrogens is 1. The standard InChI is InChI=1S/C17H16FNO2/c1-17(18)7-5-11(6-8-17)14-4-2-3-12-9-13(16(20)21)10-19-15(12)14/h2-5,9-10H,6-8H2,1H3,(H,20,21). The lowest BCUT2D eigenvalue weighted by Crippen LogP contribution is -2.20. The van der Waals surface area contributed by atoms with Crippen LogP contribution in [0, 0.1) is 0 Å². The molecule has 1 unspecified atom stereocenters. The second-order valence-electron chi connectivity index (χ2n) is 5.75. The van der Waals surface area contributed by atoms with Crippen LogP contribution < -0.4 is 0 Å². The fraction of sp³-hybridized carbons (Fsp3) is 0.294. The summed E-state index contributed by atoms with van der Waals surface area (Å²) in [5.74, 6) is -0.986. The Balaban J connectivity index is 2.08. The Bertz CT molecular complexity index is 750. The molecular weight excluding hydrogens is 269 g/mol. The van der Waals surface area contributed by atoms with Crippen molar-refractivity contribution in [1.82, 2.24) is 4.98 Å². The zero-order chi connectivity index (χ0) is 15.0. The highest BCUT2D eigenvalue weighted by Gasteiger charge is 2.26. The van der Waals surface area contributed by atoms with Crippen molar-refractivity contribution in [2.75, 3.05) is 0 Å². The molecule has 1 aromatic carbocycles. The van der Waals surface area contributed by atoms with E-state index in [1.165, 1.54) is 6.20 Å². The van der Waals surface area contributed by atoms with E-state index in [0.717, 1.165) is 22.0 Å². The second-order valence-corrected chi connectivity index (χ2v) is 5.75. The molecule has 0 radical (unpaired) electrons. The van der Waals surface area contributed by atoms with Gasteiger partial charge < -0.3 is 5.11 Å². The quantitative estimate of drug-likeness (QED) is 0.898. The highest BCUT2D eigenvalue weighted by Crippen LogP contribution is 2.36. The van der Waals surface area contributed by atoms with Crippen LogP contribution in [0.25, 0.3) is 16.5 Å². The molecule has 1 aliphatic rings. The molecule has 0 saturated carbocycles. The summed E-state index contributed by atoms with van der Waals surface area (Å²) >= 11 is 0. The van der Waals surface area contributed by atoms with Gasteiger partial charge in [-0.2, -0.15) is 0 Å². The minimum Gasteiger partial charge on any atom is -0.478 e. The van der Waals surface area contributed by atoms with E-state index < -0.39 is 11.6 Å². The Kier molecular flexibility index (Phi) is 3.24. The molecule has 1 atom stereocenters. The van der Waals surface area contributed by atoms with Crippen molar-refractivity contribution in [2.45, 2.75) is 31.9 Å². The highest BCUT2D eigenvalue weighted by atomic mass is 19.1. The first-order chi connectivity index (χ1) is 9.96. The zero-order valence-corrected chi connectivity index (χ0v) is 11.8. The molecule has 0 spiro atoms. The third kappa shape index (κ3) is 2.66. The van der Waals surface area contributed by atoms with E-state index in [4.69, 9.17) is 5.11 Å². The maximum atomic E-state index is 13.9. The molecule has 1 aromatic heterocycles. The number of pyridine rings is 1. The normalized spacial score (nSPS) is 22.1. The highest BCUT2D eigenvalue weighted by molar-refractivity contribution is 5.96. The van der Waals surface area contributed by atoms with Gasteiger partial charge >= 0.3 is 5.97 Å². The summed E-state index contributed by atoms with van der Waals surface area (Å²) in [6.07, 6.45) is 4.89. The summed E-state index contributed by atoms with van der Waals surface area (Å²) in [6.45, 7) is 1.63. The van der Waals surface area contributed by atoms with Crippen LogP contribution in [-0.2, 0) is 0 Å². The Hall–Kier alpha value is -2.23. The monoisotopic (exact) mass is 285 g/mol. The van der Waals surface area contributed by atoms with Crippen molar-refractivity contribution in [3.05, 3.63) is 47.7 Å². The van der Waals surface area contributed by atoms with Crippen molar-refractivity contribution in [3.8, 4) is 0 Å². The summed E-state index contributed by atoms with van der Waals surface area (Å²) in [6, 6.07) is 7.31. The van der Waals surface area contributed by atoms with Crippen LogP contribution in [0.4, 0.5) is 4.39 Å². The fourth-order valence-electron chi connectivity index (χ4n) is 2.72. The number of aromatic carboxylic acids is 1. The average Bonchev–Trinajstić information content (AvgIpc) is 2.46. The number of hydrogen-bond acceptors (Lipinski definition) is 2. The molecule has 1 N–H and O–H groups in total. The number of alkyl halides is 1. The van der Waals surface area contributed by atoms with Gasteiger partial charge in [-0.1, -0.05) is 24.3 Å². The minimum atomic E-state index is -1.13. The van der Waals surface area contributed by atoms with Crippen molar-refractivity contribution in [1.29, 1.82) is 0 Å². The van der Waals surface area contributed by atoms with E-state index in [0.29, 0.717) is 19.3 Å².